The van der Waals surface area contributed by atoms with Crippen molar-refractivity contribution in [3.05, 3.63) is 29.0 Å². The Hall–Kier alpha value is -1.13. The van der Waals surface area contributed by atoms with Gasteiger partial charge in [-0.05, 0) is 31.0 Å². The van der Waals surface area contributed by atoms with Gasteiger partial charge in [0.25, 0.3) is 0 Å². The molecule has 1 aromatic rings. The van der Waals surface area contributed by atoms with Crippen molar-refractivity contribution in [2.24, 2.45) is 5.41 Å². The fourth-order valence-electron chi connectivity index (χ4n) is 1.91. The van der Waals surface area contributed by atoms with Crippen LogP contribution in [0.1, 0.15) is 19.3 Å². The van der Waals surface area contributed by atoms with Crippen molar-refractivity contribution in [1.82, 2.24) is 0 Å². The van der Waals surface area contributed by atoms with E-state index in [0.29, 0.717) is 17.9 Å². The summed E-state index contributed by atoms with van der Waals surface area (Å²) in [6.45, 7) is -0.207. The lowest BCUT2D eigenvalue weighted by Gasteiger charge is -2.38. The number of anilines is 1. The van der Waals surface area contributed by atoms with E-state index in [9.17, 15) is 14.3 Å². The number of rotatable bonds is 3. The second-order valence-electron chi connectivity index (χ2n) is 4.37. The smallest absolute Gasteiger partial charge is 0.232 e. The molecule has 1 fully saturated rings. The van der Waals surface area contributed by atoms with Crippen LogP contribution in [0.3, 0.4) is 0 Å². The lowest BCUT2D eigenvalue weighted by Crippen LogP contribution is -2.44. The van der Waals surface area contributed by atoms with E-state index in [0.717, 1.165) is 6.42 Å². The summed E-state index contributed by atoms with van der Waals surface area (Å²) in [5.74, 6) is -0.873. The molecule has 0 unspecified atom stereocenters. The molecule has 1 aromatic carbocycles. The third kappa shape index (κ3) is 2.28. The number of carbonyl (C=O) groups excluding carboxylic acids is 1. The normalized spacial score (nSPS) is 17.4. The Labute approximate surface area is 104 Å². The van der Waals surface area contributed by atoms with Crippen LogP contribution in [-0.2, 0) is 4.79 Å². The monoisotopic (exact) mass is 257 g/mol. The van der Waals surface area contributed by atoms with Gasteiger partial charge < -0.3 is 10.4 Å². The Morgan fingerprint density at radius 2 is 2.24 bits per heavy atom. The van der Waals surface area contributed by atoms with Crippen molar-refractivity contribution >= 4 is 23.2 Å². The molecule has 2 rings (SSSR count). The van der Waals surface area contributed by atoms with Crippen molar-refractivity contribution < 1.29 is 14.3 Å². The summed E-state index contributed by atoms with van der Waals surface area (Å²) >= 11 is 5.73. The molecular formula is C12H13ClFNO2. The summed E-state index contributed by atoms with van der Waals surface area (Å²) in [5, 5.41) is 12.1. The second kappa shape index (κ2) is 4.63. The van der Waals surface area contributed by atoms with E-state index in [2.05, 4.69) is 5.32 Å². The van der Waals surface area contributed by atoms with Crippen molar-refractivity contribution in [3.8, 4) is 0 Å². The highest BCUT2D eigenvalue weighted by Crippen LogP contribution is 2.41. The molecular weight excluding hydrogens is 245 g/mol. The second-order valence-corrected chi connectivity index (χ2v) is 4.81. The molecule has 0 radical (unpaired) electrons. The van der Waals surface area contributed by atoms with Crippen LogP contribution in [0.25, 0.3) is 0 Å². The van der Waals surface area contributed by atoms with E-state index in [4.69, 9.17) is 11.6 Å². The van der Waals surface area contributed by atoms with Crippen LogP contribution in [-0.4, -0.2) is 17.6 Å². The van der Waals surface area contributed by atoms with Gasteiger partial charge in [0.2, 0.25) is 5.91 Å². The van der Waals surface area contributed by atoms with Gasteiger partial charge in [-0.3, -0.25) is 4.79 Å². The molecule has 0 atom stereocenters. The number of halogens is 2. The van der Waals surface area contributed by atoms with Gasteiger partial charge in [-0.1, -0.05) is 18.0 Å². The maximum Gasteiger partial charge on any atom is 0.232 e. The minimum Gasteiger partial charge on any atom is -0.395 e. The highest BCUT2D eigenvalue weighted by Gasteiger charge is 2.43. The number of amides is 1. The number of aliphatic hydroxyl groups excluding tert-OH is 1. The third-order valence-corrected chi connectivity index (χ3v) is 3.51. The molecule has 0 aromatic heterocycles. The zero-order valence-corrected chi connectivity index (χ0v) is 9.93. The highest BCUT2D eigenvalue weighted by atomic mass is 35.5. The number of benzene rings is 1. The predicted molar refractivity (Wildman–Crippen MR) is 63.4 cm³/mol. The van der Waals surface area contributed by atoms with Gasteiger partial charge in [-0.2, -0.15) is 0 Å². The molecule has 0 saturated heterocycles. The van der Waals surface area contributed by atoms with E-state index in [1.165, 1.54) is 18.2 Å². The first-order valence-corrected chi connectivity index (χ1v) is 5.82. The van der Waals surface area contributed by atoms with Crippen LogP contribution in [0.15, 0.2) is 18.2 Å². The average molecular weight is 258 g/mol. The lowest BCUT2D eigenvalue weighted by atomic mass is 9.68. The molecule has 0 heterocycles. The van der Waals surface area contributed by atoms with Crippen LogP contribution < -0.4 is 5.32 Å². The zero-order valence-electron chi connectivity index (χ0n) is 9.17. The first-order valence-electron chi connectivity index (χ1n) is 5.45. The Morgan fingerprint density at radius 1 is 1.53 bits per heavy atom. The van der Waals surface area contributed by atoms with E-state index >= 15 is 0 Å². The molecule has 17 heavy (non-hydrogen) atoms. The van der Waals surface area contributed by atoms with Gasteiger partial charge in [0, 0.05) is 5.02 Å². The van der Waals surface area contributed by atoms with E-state index in [1.54, 1.807) is 0 Å². The van der Waals surface area contributed by atoms with Gasteiger partial charge in [0.05, 0.1) is 17.7 Å². The van der Waals surface area contributed by atoms with Crippen molar-refractivity contribution in [1.29, 1.82) is 0 Å². The average Bonchev–Trinajstić information content (AvgIpc) is 2.23. The van der Waals surface area contributed by atoms with E-state index in [-0.39, 0.29) is 18.2 Å². The molecule has 0 spiro atoms. The Kier molecular flexibility index (Phi) is 3.35. The largest absolute Gasteiger partial charge is 0.395 e. The van der Waals surface area contributed by atoms with Gasteiger partial charge in [-0.15, -0.1) is 0 Å². The molecule has 0 aliphatic heterocycles. The highest BCUT2D eigenvalue weighted by molar-refractivity contribution is 6.30. The van der Waals surface area contributed by atoms with E-state index < -0.39 is 11.2 Å². The van der Waals surface area contributed by atoms with E-state index in [1.807, 2.05) is 0 Å². The standard InChI is InChI=1S/C12H13ClFNO2/c13-8-2-3-9(14)10(6-8)15-11(17)12(7-16)4-1-5-12/h2-3,6,16H,1,4-5,7H2,(H,15,17). The number of nitrogens with one attached hydrogen (secondary N) is 1. The number of aliphatic hydroxyl groups is 1. The number of hydrogen-bond donors (Lipinski definition) is 2. The maximum atomic E-state index is 13.4. The Morgan fingerprint density at radius 3 is 2.76 bits per heavy atom. The van der Waals surface area contributed by atoms with Crippen molar-refractivity contribution in [3.63, 3.8) is 0 Å². The molecule has 0 bridgehead atoms. The Bertz CT molecular complexity index is 441. The minimum absolute atomic E-state index is 0.0576. The first kappa shape index (κ1) is 12.3. The van der Waals surface area contributed by atoms with Crippen LogP contribution >= 0.6 is 11.6 Å². The lowest BCUT2D eigenvalue weighted by molar-refractivity contribution is -0.133. The zero-order chi connectivity index (χ0) is 12.5. The molecule has 2 N–H and O–H groups in total. The predicted octanol–water partition coefficient (Wildman–Crippen LogP) is 2.58. The van der Waals surface area contributed by atoms with Crippen molar-refractivity contribution in [2.75, 3.05) is 11.9 Å². The SMILES string of the molecule is O=C(Nc1cc(Cl)ccc1F)C1(CO)CCC1. The van der Waals surface area contributed by atoms with Gasteiger partial charge >= 0.3 is 0 Å². The molecule has 1 saturated carbocycles. The van der Waals surface area contributed by atoms with Crippen LogP contribution in [0.4, 0.5) is 10.1 Å². The molecule has 3 nitrogen and oxygen atoms in total. The van der Waals surface area contributed by atoms with Crippen LogP contribution in [0.5, 0.6) is 0 Å². The summed E-state index contributed by atoms with van der Waals surface area (Å²) in [6, 6.07) is 3.97. The van der Waals surface area contributed by atoms with Crippen LogP contribution in [0, 0.1) is 11.2 Å². The summed E-state index contributed by atoms with van der Waals surface area (Å²) in [7, 11) is 0. The van der Waals surface area contributed by atoms with Crippen molar-refractivity contribution in [2.45, 2.75) is 19.3 Å². The summed E-state index contributed by atoms with van der Waals surface area (Å²) < 4.78 is 13.4. The fraction of sp³-hybridized carbons (Fsp3) is 0.417. The summed E-state index contributed by atoms with van der Waals surface area (Å²) in [5.41, 5.74) is -0.684. The quantitative estimate of drug-likeness (QED) is 0.874. The molecule has 1 aliphatic rings. The fourth-order valence-corrected chi connectivity index (χ4v) is 2.08. The molecule has 1 amide bonds. The summed E-state index contributed by atoms with van der Waals surface area (Å²) in [4.78, 5) is 11.9. The van der Waals surface area contributed by atoms with Crippen LogP contribution in [0.2, 0.25) is 5.02 Å². The topological polar surface area (TPSA) is 49.3 Å². The third-order valence-electron chi connectivity index (χ3n) is 3.27. The van der Waals surface area contributed by atoms with Gasteiger partial charge in [0.15, 0.2) is 0 Å². The minimum atomic E-state index is -0.741. The summed E-state index contributed by atoms with van der Waals surface area (Å²) in [6.07, 6.45) is 2.18. The molecule has 1 aliphatic carbocycles. The van der Waals surface area contributed by atoms with Gasteiger partial charge in [-0.25, -0.2) is 4.39 Å². The molecule has 5 heteroatoms. The molecule has 92 valence electrons. The number of hydrogen-bond acceptors (Lipinski definition) is 2. The van der Waals surface area contributed by atoms with Gasteiger partial charge in [0.1, 0.15) is 5.82 Å². The maximum absolute atomic E-state index is 13.4. The number of carbonyl (C=O) groups is 1. The Balaban J connectivity index is 2.15. The first-order chi connectivity index (χ1) is 8.07.